The van der Waals surface area contributed by atoms with Crippen molar-refractivity contribution in [1.29, 1.82) is 0 Å². The minimum Gasteiger partial charge on any atom is -0.394 e. The van der Waals surface area contributed by atoms with Gasteiger partial charge in [-0.25, -0.2) is 0 Å². The average Bonchev–Trinajstić information content (AvgIpc) is 2.68. The van der Waals surface area contributed by atoms with Gasteiger partial charge in [0.2, 0.25) is 0 Å². The number of ether oxygens (including phenoxy) is 1. The van der Waals surface area contributed by atoms with E-state index < -0.39 is 0 Å². The lowest BCUT2D eigenvalue weighted by molar-refractivity contribution is -0.106. The third-order valence-corrected chi connectivity index (χ3v) is 4.53. The third kappa shape index (κ3) is 3.05. The fraction of sp³-hybridized carbons (Fsp3) is 1.00. The zero-order valence-corrected chi connectivity index (χ0v) is 11.8. The quantitative estimate of drug-likeness (QED) is 0.786. The number of aliphatic hydroxyl groups excluding tert-OH is 1. The van der Waals surface area contributed by atoms with Crippen LogP contribution in [0.1, 0.15) is 33.1 Å². The lowest BCUT2D eigenvalue weighted by Gasteiger charge is -2.48. The van der Waals surface area contributed by atoms with E-state index in [1.54, 1.807) is 0 Å². The molecule has 0 aromatic rings. The van der Waals surface area contributed by atoms with Crippen LogP contribution in [0.2, 0.25) is 0 Å². The fourth-order valence-corrected chi connectivity index (χ4v) is 3.21. The van der Waals surface area contributed by atoms with Crippen LogP contribution in [0.25, 0.3) is 0 Å². The Labute approximate surface area is 111 Å². The second-order valence-corrected chi connectivity index (χ2v) is 6.08. The van der Waals surface area contributed by atoms with E-state index in [0.29, 0.717) is 12.0 Å². The molecule has 2 aliphatic heterocycles. The lowest BCUT2D eigenvalue weighted by Crippen LogP contribution is -2.58. The van der Waals surface area contributed by atoms with Crippen LogP contribution in [-0.4, -0.2) is 61.0 Å². The van der Waals surface area contributed by atoms with Gasteiger partial charge in [0, 0.05) is 31.8 Å². The summed E-state index contributed by atoms with van der Waals surface area (Å²) in [6.07, 6.45) is 3.41. The summed E-state index contributed by atoms with van der Waals surface area (Å²) in [6.45, 7) is 9.75. The van der Waals surface area contributed by atoms with Gasteiger partial charge < -0.3 is 15.2 Å². The predicted molar refractivity (Wildman–Crippen MR) is 72.7 cm³/mol. The van der Waals surface area contributed by atoms with Crippen LogP contribution in [0, 0.1) is 5.92 Å². The molecule has 2 fully saturated rings. The van der Waals surface area contributed by atoms with Gasteiger partial charge in [-0.15, -0.1) is 0 Å². The molecule has 0 aromatic heterocycles. The van der Waals surface area contributed by atoms with Gasteiger partial charge in [0.05, 0.1) is 12.7 Å². The Morgan fingerprint density at radius 2 is 2.22 bits per heavy atom. The Morgan fingerprint density at radius 3 is 2.94 bits per heavy atom. The number of hydrogen-bond donors (Lipinski definition) is 2. The van der Waals surface area contributed by atoms with Crippen LogP contribution >= 0.6 is 0 Å². The Bertz CT molecular complexity index is 252. The summed E-state index contributed by atoms with van der Waals surface area (Å²) in [4.78, 5) is 2.50. The molecule has 4 nitrogen and oxygen atoms in total. The van der Waals surface area contributed by atoms with Gasteiger partial charge in [-0.2, -0.15) is 0 Å². The number of hydrogen-bond acceptors (Lipinski definition) is 4. The Balaban J connectivity index is 2.07. The highest BCUT2D eigenvalue weighted by Gasteiger charge is 2.42. The van der Waals surface area contributed by atoms with Crippen LogP contribution in [0.5, 0.6) is 0 Å². The van der Waals surface area contributed by atoms with E-state index in [0.717, 1.165) is 45.6 Å². The molecule has 2 rings (SSSR count). The largest absolute Gasteiger partial charge is 0.394 e. The summed E-state index contributed by atoms with van der Waals surface area (Å²) >= 11 is 0. The summed E-state index contributed by atoms with van der Waals surface area (Å²) in [5.74, 6) is 0.529. The van der Waals surface area contributed by atoms with Crippen molar-refractivity contribution < 1.29 is 9.84 Å². The predicted octanol–water partition coefficient (Wildman–Crippen LogP) is 0.848. The molecule has 2 heterocycles. The smallest absolute Gasteiger partial charge is 0.0617 e. The molecule has 2 N–H and O–H groups in total. The molecule has 4 heteroatoms. The van der Waals surface area contributed by atoms with Crippen LogP contribution in [0.15, 0.2) is 0 Å². The van der Waals surface area contributed by atoms with Crippen molar-refractivity contribution in [3.05, 3.63) is 0 Å². The van der Waals surface area contributed by atoms with Crippen molar-refractivity contribution in [3.8, 4) is 0 Å². The van der Waals surface area contributed by atoms with E-state index in [1.165, 1.54) is 6.42 Å². The van der Waals surface area contributed by atoms with Gasteiger partial charge in [0.15, 0.2) is 0 Å². The summed E-state index contributed by atoms with van der Waals surface area (Å²) in [5, 5.41) is 13.4. The Morgan fingerprint density at radius 1 is 1.39 bits per heavy atom. The van der Waals surface area contributed by atoms with Gasteiger partial charge in [0.1, 0.15) is 0 Å². The second kappa shape index (κ2) is 6.33. The molecule has 0 saturated carbocycles. The van der Waals surface area contributed by atoms with Gasteiger partial charge in [-0.3, -0.25) is 4.90 Å². The van der Waals surface area contributed by atoms with Crippen molar-refractivity contribution in [1.82, 2.24) is 10.2 Å². The van der Waals surface area contributed by atoms with Crippen LogP contribution < -0.4 is 5.32 Å². The number of rotatable bonds is 3. The molecule has 0 bridgehead atoms. The maximum absolute atomic E-state index is 9.97. The van der Waals surface area contributed by atoms with Gasteiger partial charge >= 0.3 is 0 Å². The Kier molecular flexibility index (Phi) is 5.01. The maximum atomic E-state index is 9.97. The van der Waals surface area contributed by atoms with E-state index in [4.69, 9.17) is 4.74 Å². The zero-order valence-electron chi connectivity index (χ0n) is 11.8. The molecule has 2 unspecified atom stereocenters. The van der Waals surface area contributed by atoms with Gasteiger partial charge in [-0.1, -0.05) is 13.8 Å². The average molecular weight is 256 g/mol. The van der Waals surface area contributed by atoms with E-state index in [1.807, 2.05) is 0 Å². The summed E-state index contributed by atoms with van der Waals surface area (Å²) < 4.78 is 5.87. The summed E-state index contributed by atoms with van der Waals surface area (Å²) in [7, 11) is 0. The second-order valence-electron chi connectivity index (χ2n) is 6.08. The molecule has 0 amide bonds. The highest BCUT2D eigenvalue weighted by molar-refractivity contribution is 4.96. The first kappa shape index (κ1) is 14.3. The van der Waals surface area contributed by atoms with Gasteiger partial charge in [-0.05, 0) is 31.7 Å². The molecule has 0 spiro atoms. The van der Waals surface area contributed by atoms with Crippen molar-refractivity contribution in [2.24, 2.45) is 5.92 Å². The number of nitrogens with one attached hydrogen (secondary N) is 1. The third-order valence-electron chi connectivity index (χ3n) is 4.53. The normalized spacial score (nSPS) is 35.7. The molecule has 2 saturated heterocycles. The van der Waals surface area contributed by atoms with E-state index >= 15 is 0 Å². The van der Waals surface area contributed by atoms with E-state index in [-0.39, 0.29) is 12.1 Å². The molecule has 106 valence electrons. The molecule has 2 aliphatic rings. The van der Waals surface area contributed by atoms with Gasteiger partial charge in [0.25, 0.3) is 0 Å². The molecule has 0 aromatic carbocycles. The summed E-state index contributed by atoms with van der Waals surface area (Å²) in [6, 6.07) is 0. The summed E-state index contributed by atoms with van der Waals surface area (Å²) in [5.41, 5.74) is -0.0425. The molecule has 2 atom stereocenters. The molecular formula is C14H28N2O2. The van der Waals surface area contributed by atoms with Crippen molar-refractivity contribution in [3.63, 3.8) is 0 Å². The molecule has 0 radical (unpaired) electrons. The Hall–Kier alpha value is -0.160. The minimum absolute atomic E-state index is 0.0425. The van der Waals surface area contributed by atoms with Crippen molar-refractivity contribution in [2.45, 2.75) is 44.8 Å². The highest BCUT2D eigenvalue weighted by Crippen LogP contribution is 2.33. The lowest BCUT2D eigenvalue weighted by atomic mass is 9.82. The number of aliphatic hydroxyl groups is 1. The maximum Gasteiger partial charge on any atom is 0.0617 e. The molecule has 18 heavy (non-hydrogen) atoms. The highest BCUT2D eigenvalue weighted by atomic mass is 16.5. The fourth-order valence-electron chi connectivity index (χ4n) is 3.21. The molecular weight excluding hydrogens is 228 g/mol. The topological polar surface area (TPSA) is 44.7 Å². The standard InChI is InChI=1S/C14H28N2O2/c1-12(2)13-10-14(11-17,4-9-18-13)16-7-3-5-15-6-8-16/h12-13,15,17H,3-11H2,1-2H3. The van der Waals surface area contributed by atoms with Crippen molar-refractivity contribution in [2.75, 3.05) is 39.4 Å². The van der Waals surface area contributed by atoms with Crippen LogP contribution in [-0.2, 0) is 4.74 Å². The van der Waals surface area contributed by atoms with Crippen molar-refractivity contribution >= 4 is 0 Å². The molecule has 0 aliphatic carbocycles. The number of nitrogens with zero attached hydrogens (tertiary/aromatic N) is 1. The van der Waals surface area contributed by atoms with Crippen LogP contribution in [0.3, 0.4) is 0 Å². The van der Waals surface area contributed by atoms with E-state index in [2.05, 4.69) is 24.1 Å². The van der Waals surface area contributed by atoms with Crippen LogP contribution in [0.4, 0.5) is 0 Å². The zero-order chi connectivity index (χ0) is 13.0. The van der Waals surface area contributed by atoms with E-state index in [9.17, 15) is 5.11 Å². The first-order valence-corrected chi connectivity index (χ1v) is 7.36. The monoisotopic (exact) mass is 256 g/mol. The first-order chi connectivity index (χ1) is 8.68. The SMILES string of the molecule is CC(C)C1CC(CO)(N2CCCNCC2)CCO1. The first-order valence-electron chi connectivity index (χ1n) is 7.36. The minimum atomic E-state index is -0.0425.